The van der Waals surface area contributed by atoms with Crippen LogP contribution in [-0.4, -0.2) is 90.6 Å². The predicted molar refractivity (Wildman–Crippen MR) is 212 cm³/mol. The molecule has 2 saturated heterocycles. The summed E-state index contributed by atoms with van der Waals surface area (Å²) in [7, 11) is -3.47. The van der Waals surface area contributed by atoms with Crippen LogP contribution in [0.3, 0.4) is 0 Å². The molecular weight excluding hydrogens is 742 g/mol. The highest BCUT2D eigenvalue weighted by molar-refractivity contribution is 7.90. The van der Waals surface area contributed by atoms with Gasteiger partial charge < -0.3 is 29.3 Å². The number of aliphatic carboxylic acids is 1. The number of ether oxygens (including phenoxy) is 3. The molecule has 0 amide bonds. The summed E-state index contributed by atoms with van der Waals surface area (Å²) >= 11 is 6.85. The minimum absolute atomic E-state index is 0.0264. The maximum absolute atomic E-state index is 12.2. The average Bonchev–Trinajstić information content (AvgIpc) is 3.58. The van der Waals surface area contributed by atoms with E-state index in [4.69, 9.17) is 25.8 Å². The molecule has 11 nitrogen and oxygen atoms in total. The number of aliphatic hydroxyl groups is 1. The Morgan fingerprint density at radius 1 is 0.891 bits per heavy atom. The van der Waals surface area contributed by atoms with Crippen molar-refractivity contribution in [2.45, 2.75) is 82.8 Å². The summed E-state index contributed by atoms with van der Waals surface area (Å²) in [4.78, 5) is 20.5. The van der Waals surface area contributed by atoms with Crippen LogP contribution in [-0.2, 0) is 34.4 Å². The third-order valence-corrected chi connectivity index (χ3v) is 11.9. The standard InChI is InChI=1S/C42H50ClN3O8S/c1-28-31(9-6-10-35(28)36-11-7-13-39(29(36)2)52-18-8-15-45-17-14-33(47)25-45)27-54-41-21-40(53-26-30-19-34(23-44-22-30)55(3,50)51)32(20-37(41)43)24-46-16-5-4-12-38(46)42(48)49/h6-7,9-11,13,19-23,33,38,47H,4-5,8,12,14-18,24-27H2,1-3H3,(H,48,49). The molecular formula is C42H50ClN3O8S. The van der Waals surface area contributed by atoms with Gasteiger partial charge in [-0.3, -0.25) is 14.7 Å². The summed E-state index contributed by atoms with van der Waals surface area (Å²) in [5.41, 5.74) is 6.49. The number of carboxylic acids is 1. The Hall–Kier alpha value is -4.20. The van der Waals surface area contributed by atoms with E-state index in [1.807, 2.05) is 29.2 Å². The van der Waals surface area contributed by atoms with Crippen molar-refractivity contribution in [3.05, 3.63) is 99.8 Å². The van der Waals surface area contributed by atoms with Crippen molar-refractivity contribution < 1.29 is 37.6 Å². The van der Waals surface area contributed by atoms with Gasteiger partial charge in [-0.25, -0.2) is 8.42 Å². The van der Waals surface area contributed by atoms with Crippen LogP contribution in [0, 0.1) is 13.8 Å². The zero-order valence-corrected chi connectivity index (χ0v) is 33.2. The Bertz CT molecular complexity index is 2100. The minimum atomic E-state index is -3.47. The summed E-state index contributed by atoms with van der Waals surface area (Å²) in [5.74, 6) is 0.836. The van der Waals surface area contributed by atoms with Crippen LogP contribution in [0.5, 0.6) is 17.2 Å². The maximum atomic E-state index is 12.2. The third kappa shape index (κ3) is 10.4. The number of rotatable bonds is 16. The van der Waals surface area contributed by atoms with Crippen LogP contribution in [0.25, 0.3) is 11.1 Å². The first-order chi connectivity index (χ1) is 26.4. The Kier molecular flexibility index (Phi) is 13.4. The highest BCUT2D eigenvalue weighted by Crippen LogP contribution is 2.37. The Morgan fingerprint density at radius 3 is 2.40 bits per heavy atom. The molecule has 13 heteroatoms. The van der Waals surface area contributed by atoms with E-state index in [9.17, 15) is 23.4 Å². The molecule has 6 rings (SSSR count). The minimum Gasteiger partial charge on any atom is -0.493 e. The van der Waals surface area contributed by atoms with Crippen molar-refractivity contribution in [3.63, 3.8) is 0 Å². The van der Waals surface area contributed by atoms with Crippen LogP contribution in [0.15, 0.2) is 71.9 Å². The van der Waals surface area contributed by atoms with E-state index in [-0.39, 0.29) is 24.2 Å². The van der Waals surface area contributed by atoms with Crippen LogP contribution >= 0.6 is 11.6 Å². The molecule has 3 aromatic carbocycles. The highest BCUT2D eigenvalue weighted by atomic mass is 35.5. The molecule has 2 fully saturated rings. The quantitative estimate of drug-likeness (QED) is 0.115. The summed E-state index contributed by atoms with van der Waals surface area (Å²) < 4.78 is 43.2. The van der Waals surface area contributed by atoms with Crippen molar-refractivity contribution in [2.24, 2.45) is 0 Å². The number of carboxylic acid groups (broad SMARTS) is 1. The van der Waals surface area contributed by atoms with Crippen molar-refractivity contribution in [3.8, 4) is 28.4 Å². The number of hydrogen-bond donors (Lipinski definition) is 2. The number of benzene rings is 3. The van der Waals surface area contributed by atoms with Gasteiger partial charge >= 0.3 is 5.97 Å². The normalized spacial score (nSPS) is 18.0. The van der Waals surface area contributed by atoms with Gasteiger partial charge in [-0.05, 0) is 92.1 Å². The smallest absolute Gasteiger partial charge is 0.320 e. The van der Waals surface area contributed by atoms with Crippen molar-refractivity contribution in [1.29, 1.82) is 0 Å². The lowest BCUT2D eigenvalue weighted by molar-refractivity contribution is -0.144. The Balaban J connectivity index is 1.20. The summed E-state index contributed by atoms with van der Waals surface area (Å²) in [6.07, 6.45) is 7.77. The number of piperidine rings is 1. The van der Waals surface area contributed by atoms with Gasteiger partial charge in [0.15, 0.2) is 9.84 Å². The van der Waals surface area contributed by atoms with E-state index < -0.39 is 21.8 Å². The van der Waals surface area contributed by atoms with Crippen LogP contribution in [0.1, 0.15) is 59.9 Å². The van der Waals surface area contributed by atoms with E-state index >= 15 is 0 Å². The highest BCUT2D eigenvalue weighted by Gasteiger charge is 2.29. The molecule has 0 bridgehead atoms. The second-order valence-corrected chi connectivity index (χ2v) is 17.0. The van der Waals surface area contributed by atoms with Crippen LogP contribution in [0.4, 0.5) is 0 Å². The number of β-amino-alcohol motifs (C(OH)–C–C–N with tert-alkyl or cyclic N) is 1. The molecule has 0 saturated carbocycles. The lowest BCUT2D eigenvalue weighted by atomic mass is 9.93. The van der Waals surface area contributed by atoms with Gasteiger partial charge in [0, 0.05) is 62.0 Å². The van der Waals surface area contributed by atoms with Gasteiger partial charge in [0.1, 0.15) is 36.5 Å². The monoisotopic (exact) mass is 791 g/mol. The number of halogens is 1. The third-order valence-electron chi connectivity index (χ3n) is 10.5. The largest absolute Gasteiger partial charge is 0.493 e. The molecule has 2 N–H and O–H groups in total. The lowest BCUT2D eigenvalue weighted by Crippen LogP contribution is -2.44. The number of carbonyl (C=O) groups is 1. The molecule has 294 valence electrons. The molecule has 2 atom stereocenters. The molecule has 3 heterocycles. The number of aromatic nitrogens is 1. The Morgan fingerprint density at radius 2 is 1.65 bits per heavy atom. The van der Waals surface area contributed by atoms with E-state index in [1.165, 1.54) is 12.3 Å². The summed E-state index contributed by atoms with van der Waals surface area (Å²) in [6.45, 7) is 8.48. The van der Waals surface area contributed by atoms with Gasteiger partial charge in [-0.1, -0.05) is 48.4 Å². The molecule has 2 unspecified atom stereocenters. The van der Waals surface area contributed by atoms with E-state index in [2.05, 4.69) is 35.9 Å². The fraction of sp³-hybridized carbons (Fsp3) is 0.429. The number of likely N-dealkylation sites (tertiary alicyclic amines) is 2. The molecule has 2 aliphatic rings. The first-order valence-corrected chi connectivity index (χ1v) is 21.0. The van der Waals surface area contributed by atoms with Crippen LogP contribution < -0.4 is 14.2 Å². The average molecular weight is 792 g/mol. The molecule has 2 aliphatic heterocycles. The van der Waals surface area contributed by atoms with Crippen molar-refractivity contribution >= 4 is 27.4 Å². The first kappa shape index (κ1) is 40.5. The number of hydrogen-bond acceptors (Lipinski definition) is 10. The fourth-order valence-corrected chi connectivity index (χ4v) is 8.22. The zero-order chi connectivity index (χ0) is 39.1. The van der Waals surface area contributed by atoms with Gasteiger partial charge in [0.2, 0.25) is 0 Å². The molecule has 0 aliphatic carbocycles. The van der Waals surface area contributed by atoms with E-state index in [0.717, 1.165) is 85.1 Å². The van der Waals surface area contributed by atoms with Crippen molar-refractivity contribution in [1.82, 2.24) is 14.8 Å². The van der Waals surface area contributed by atoms with Gasteiger partial charge in [-0.15, -0.1) is 0 Å². The number of sulfone groups is 1. The SMILES string of the molecule is Cc1c(COc2cc(OCc3cncc(S(C)(=O)=O)c3)c(CN3CCCCC3C(=O)O)cc2Cl)cccc1-c1cccc(OCCCN2CCC(O)C2)c1C. The zero-order valence-electron chi connectivity index (χ0n) is 31.7. The molecule has 0 radical (unpaired) electrons. The van der Waals surface area contributed by atoms with E-state index in [0.29, 0.717) is 53.8 Å². The van der Waals surface area contributed by atoms with Gasteiger partial charge in [-0.2, -0.15) is 0 Å². The Labute approximate surface area is 328 Å². The van der Waals surface area contributed by atoms with Gasteiger partial charge in [0.05, 0.1) is 22.6 Å². The number of nitrogens with zero attached hydrogens (tertiary/aromatic N) is 3. The first-order valence-electron chi connectivity index (χ1n) is 18.8. The van der Waals surface area contributed by atoms with Crippen LogP contribution in [0.2, 0.25) is 5.02 Å². The second-order valence-electron chi connectivity index (χ2n) is 14.6. The fourth-order valence-electron chi connectivity index (χ4n) is 7.37. The summed E-state index contributed by atoms with van der Waals surface area (Å²) in [6, 6.07) is 16.6. The lowest BCUT2D eigenvalue weighted by Gasteiger charge is -2.33. The topological polar surface area (TPSA) is 139 Å². The summed E-state index contributed by atoms with van der Waals surface area (Å²) in [5, 5.41) is 20.1. The number of aliphatic hydroxyl groups excluding tert-OH is 1. The van der Waals surface area contributed by atoms with Crippen molar-refractivity contribution in [2.75, 3.05) is 39.0 Å². The number of pyridine rings is 1. The second kappa shape index (κ2) is 18.2. The van der Waals surface area contributed by atoms with E-state index in [1.54, 1.807) is 18.3 Å². The molecule has 1 aromatic heterocycles. The molecule has 0 spiro atoms. The van der Waals surface area contributed by atoms with Gasteiger partial charge in [0.25, 0.3) is 0 Å². The predicted octanol–water partition coefficient (Wildman–Crippen LogP) is 6.85. The molecule has 55 heavy (non-hydrogen) atoms. The maximum Gasteiger partial charge on any atom is 0.320 e. The molecule has 4 aromatic rings.